The standard InChI is InChI=1S/C15H13F2NO3/c16-11-4-5-14(17)10(6-11)8-21-15(19)9-20-13-3-1-2-12(18)7-13/h1-7H,8-9,18H2. The van der Waals surface area contributed by atoms with Crippen molar-refractivity contribution in [2.24, 2.45) is 0 Å². The van der Waals surface area contributed by atoms with E-state index in [1.165, 1.54) is 0 Å². The first-order valence-electron chi connectivity index (χ1n) is 6.12. The summed E-state index contributed by atoms with van der Waals surface area (Å²) in [5.74, 6) is -1.51. The molecular formula is C15H13F2NO3. The van der Waals surface area contributed by atoms with Gasteiger partial charge in [-0.05, 0) is 30.3 Å². The van der Waals surface area contributed by atoms with Crippen molar-refractivity contribution in [3.63, 3.8) is 0 Å². The monoisotopic (exact) mass is 293 g/mol. The smallest absolute Gasteiger partial charge is 0.344 e. The first kappa shape index (κ1) is 14.8. The summed E-state index contributed by atoms with van der Waals surface area (Å²) in [6, 6.07) is 9.48. The van der Waals surface area contributed by atoms with Crippen LogP contribution in [0.4, 0.5) is 14.5 Å². The van der Waals surface area contributed by atoms with E-state index in [-0.39, 0.29) is 18.8 Å². The molecule has 0 aliphatic heterocycles. The lowest BCUT2D eigenvalue weighted by molar-refractivity contribution is -0.147. The lowest BCUT2D eigenvalue weighted by atomic mass is 10.2. The van der Waals surface area contributed by atoms with E-state index >= 15 is 0 Å². The number of carbonyl (C=O) groups excluding carboxylic acids is 1. The molecule has 110 valence electrons. The maximum absolute atomic E-state index is 13.3. The summed E-state index contributed by atoms with van der Waals surface area (Å²) in [7, 11) is 0. The Labute approximate surface area is 120 Å². The Bertz CT molecular complexity index is 647. The minimum Gasteiger partial charge on any atom is -0.482 e. The molecule has 0 radical (unpaired) electrons. The average Bonchev–Trinajstić information content (AvgIpc) is 2.46. The molecule has 0 heterocycles. The van der Waals surface area contributed by atoms with Gasteiger partial charge in [0.1, 0.15) is 24.0 Å². The Balaban J connectivity index is 1.83. The van der Waals surface area contributed by atoms with Gasteiger partial charge in [0.2, 0.25) is 0 Å². The van der Waals surface area contributed by atoms with E-state index in [0.29, 0.717) is 11.4 Å². The molecule has 6 heteroatoms. The van der Waals surface area contributed by atoms with Crippen molar-refractivity contribution in [3.8, 4) is 5.75 Å². The average molecular weight is 293 g/mol. The van der Waals surface area contributed by atoms with Crippen LogP contribution in [0.1, 0.15) is 5.56 Å². The third-order valence-corrected chi connectivity index (χ3v) is 2.61. The lowest BCUT2D eigenvalue weighted by Crippen LogP contribution is -2.15. The van der Waals surface area contributed by atoms with Crippen molar-refractivity contribution in [2.45, 2.75) is 6.61 Å². The normalized spacial score (nSPS) is 10.2. The molecule has 21 heavy (non-hydrogen) atoms. The van der Waals surface area contributed by atoms with Crippen LogP contribution in [0.3, 0.4) is 0 Å². The van der Waals surface area contributed by atoms with Gasteiger partial charge in [-0.3, -0.25) is 0 Å². The Morgan fingerprint density at radius 2 is 1.95 bits per heavy atom. The largest absolute Gasteiger partial charge is 0.482 e. The molecule has 0 saturated carbocycles. The highest BCUT2D eigenvalue weighted by atomic mass is 19.1. The summed E-state index contributed by atoms with van der Waals surface area (Å²) in [4.78, 5) is 11.5. The number of hydrogen-bond acceptors (Lipinski definition) is 4. The second-order valence-corrected chi connectivity index (χ2v) is 4.26. The van der Waals surface area contributed by atoms with E-state index in [2.05, 4.69) is 0 Å². The van der Waals surface area contributed by atoms with E-state index in [1.54, 1.807) is 24.3 Å². The van der Waals surface area contributed by atoms with Gasteiger partial charge in [0.05, 0.1) is 0 Å². The molecule has 2 aromatic carbocycles. The molecule has 2 aromatic rings. The fraction of sp³-hybridized carbons (Fsp3) is 0.133. The van der Waals surface area contributed by atoms with Crippen LogP contribution in [0.15, 0.2) is 42.5 Å². The Morgan fingerprint density at radius 3 is 2.71 bits per heavy atom. The van der Waals surface area contributed by atoms with Gasteiger partial charge in [0.25, 0.3) is 0 Å². The van der Waals surface area contributed by atoms with Crippen LogP contribution in [0, 0.1) is 11.6 Å². The number of rotatable bonds is 5. The number of hydrogen-bond donors (Lipinski definition) is 1. The molecule has 4 nitrogen and oxygen atoms in total. The van der Waals surface area contributed by atoms with Gasteiger partial charge in [-0.25, -0.2) is 13.6 Å². The van der Waals surface area contributed by atoms with Crippen LogP contribution in [-0.4, -0.2) is 12.6 Å². The Hall–Kier alpha value is -2.63. The van der Waals surface area contributed by atoms with Gasteiger partial charge in [-0.2, -0.15) is 0 Å². The number of benzene rings is 2. The number of halogens is 2. The number of anilines is 1. The van der Waals surface area contributed by atoms with E-state index in [4.69, 9.17) is 15.2 Å². The minimum atomic E-state index is -0.693. The second-order valence-electron chi connectivity index (χ2n) is 4.26. The van der Waals surface area contributed by atoms with E-state index in [0.717, 1.165) is 18.2 Å². The first-order valence-corrected chi connectivity index (χ1v) is 6.12. The van der Waals surface area contributed by atoms with Crippen molar-refractivity contribution in [1.82, 2.24) is 0 Å². The predicted octanol–water partition coefficient (Wildman–Crippen LogP) is 2.67. The number of nitrogens with two attached hydrogens (primary N) is 1. The molecule has 0 aliphatic rings. The molecule has 0 fully saturated rings. The molecule has 0 spiro atoms. The summed E-state index contributed by atoms with van der Waals surface area (Å²) < 4.78 is 36.2. The molecule has 0 saturated heterocycles. The molecule has 2 N–H and O–H groups in total. The van der Waals surface area contributed by atoms with Crippen molar-refractivity contribution in [2.75, 3.05) is 12.3 Å². The fourth-order valence-corrected chi connectivity index (χ4v) is 1.60. The summed E-state index contributed by atoms with van der Waals surface area (Å²) in [6.45, 7) is -0.705. The first-order chi connectivity index (χ1) is 10.0. The van der Waals surface area contributed by atoms with Gasteiger partial charge in [-0.1, -0.05) is 6.07 Å². The Morgan fingerprint density at radius 1 is 1.14 bits per heavy atom. The number of esters is 1. The summed E-state index contributed by atoms with van der Waals surface area (Å²) >= 11 is 0. The minimum absolute atomic E-state index is 0.0349. The van der Waals surface area contributed by atoms with Gasteiger partial charge < -0.3 is 15.2 Å². The quantitative estimate of drug-likeness (QED) is 0.680. The van der Waals surface area contributed by atoms with Crippen LogP contribution in [-0.2, 0) is 16.1 Å². The zero-order valence-corrected chi connectivity index (χ0v) is 11.0. The highest BCUT2D eigenvalue weighted by Gasteiger charge is 2.09. The second kappa shape index (κ2) is 6.69. The van der Waals surface area contributed by atoms with Crippen LogP contribution in [0.5, 0.6) is 5.75 Å². The van der Waals surface area contributed by atoms with Crippen molar-refractivity contribution >= 4 is 11.7 Å². The summed E-state index contributed by atoms with van der Waals surface area (Å²) in [5.41, 5.74) is 6.02. The van der Waals surface area contributed by atoms with Gasteiger partial charge in [-0.15, -0.1) is 0 Å². The van der Waals surface area contributed by atoms with Gasteiger partial charge in [0.15, 0.2) is 6.61 Å². The zero-order valence-electron chi connectivity index (χ0n) is 11.0. The molecule has 2 rings (SSSR count). The molecule has 0 aromatic heterocycles. The molecular weight excluding hydrogens is 280 g/mol. The van der Waals surface area contributed by atoms with E-state index < -0.39 is 17.6 Å². The third kappa shape index (κ3) is 4.45. The van der Waals surface area contributed by atoms with Crippen LogP contribution < -0.4 is 10.5 Å². The SMILES string of the molecule is Nc1cccc(OCC(=O)OCc2cc(F)ccc2F)c1. The highest BCUT2D eigenvalue weighted by molar-refractivity contribution is 5.71. The Kier molecular flexibility index (Phi) is 4.71. The van der Waals surface area contributed by atoms with Crippen LogP contribution in [0.2, 0.25) is 0 Å². The number of nitrogen functional groups attached to an aromatic ring is 1. The lowest BCUT2D eigenvalue weighted by Gasteiger charge is -2.08. The van der Waals surface area contributed by atoms with Crippen LogP contribution in [0.25, 0.3) is 0 Å². The van der Waals surface area contributed by atoms with E-state index in [1.807, 2.05) is 0 Å². The maximum atomic E-state index is 13.3. The highest BCUT2D eigenvalue weighted by Crippen LogP contribution is 2.15. The molecule has 0 unspecified atom stereocenters. The van der Waals surface area contributed by atoms with Crippen molar-refractivity contribution < 1.29 is 23.0 Å². The van der Waals surface area contributed by atoms with Gasteiger partial charge in [0, 0.05) is 17.3 Å². The number of carbonyl (C=O) groups is 1. The van der Waals surface area contributed by atoms with Crippen LogP contribution >= 0.6 is 0 Å². The molecule has 0 aliphatic carbocycles. The number of ether oxygens (including phenoxy) is 2. The molecule has 0 amide bonds. The third-order valence-electron chi connectivity index (χ3n) is 2.61. The molecule has 0 bridgehead atoms. The van der Waals surface area contributed by atoms with E-state index in [9.17, 15) is 13.6 Å². The molecule has 0 atom stereocenters. The van der Waals surface area contributed by atoms with Crippen molar-refractivity contribution in [3.05, 3.63) is 59.7 Å². The van der Waals surface area contributed by atoms with Gasteiger partial charge >= 0.3 is 5.97 Å². The summed E-state index contributed by atoms with van der Waals surface area (Å²) in [5, 5.41) is 0. The van der Waals surface area contributed by atoms with Crippen molar-refractivity contribution in [1.29, 1.82) is 0 Å². The zero-order chi connectivity index (χ0) is 15.2. The fourth-order valence-electron chi connectivity index (χ4n) is 1.60. The summed E-state index contributed by atoms with van der Waals surface area (Å²) in [6.07, 6.45) is 0. The predicted molar refractivity (Wildman–Crippen MR) is 72.5 cm³/mol. The topological polar surface area (TPSA) is 61.5 Å². The maximum Gasteiger partial charge on any atom is 0.344 e.